The van der Waals surface area contributed by atoms with Gasteiger partial charge < -0.3 is 20.1 Å². The Morgan fingerprint density at radius 1 is 1.14 bits per heavy atom. The Morgan fingerprint density at radius 3 is 2.46 bits per heavy atom. The van der Waals surface area contributed by atoms with Crippen molar-refractivity contribution in [3.63, 3.8) is 0 Å². The molecule has 0 fully saturated rings. The molecule has 0 bridgehead atoms. The monoisotopic (exact) mass is 583 g/mol. The Kier molecular flexibility index (Phi) is 7.53. The fraction of sp³-hybridized carbons (Fsp3) is 0.357. The van der Waals surface area contributed by atoms with Crippen LogP contribution in [0.25, 0.3) is 0 Å². The lowest BCUT2D eigenvalue weighted by molar-refractivity contribution is -0.118. The molecule has 2 aromatic rings. The van der Waals surface area contributed by atoms with Gasteiger partial charge in [0.15, 0.2) is 5.78 Å². The number of Topliss-reactive ketones (excluding diaryl/α,β-unsaturated/α-hetero) is 1. The molecule has 182 valence electrons. The lowest BCUT2D eigenvalue weighted by Crippen LogP contribution is -2.43. The van der Waals surface area contributed by atoms with Crippen LogP contribution in [0.3, 0.4) is 0 Å². The maximum absolute atomic E-state index is 13.5. The summed E-state index contributed by atoms with van der Waals surface area (Å²) in [5.41, 5.74) is 10.3. The van der Waals surface area contributed by atoms with E-state index in [1.807, 2.05) is 41.3 Å². The van der Waals surface area contributed by atoms with Crippen molar-refractivity contribution in [1.29, 1.82) is 5.26 Å². The quantitative estimate of drug-likeness (QED) is 0.448. The molecular formula is C28H30IN3O3. The van der Waals surface area contributed by atoms with Crippen LogP contribution in [0.1, 0.15) is 43.7 Å². The number of benzene rings is 2. The van der Waals surface area contributed by atoms with Crippen molar-refractivity contribution in [1.82, 2.24) is 4.90 Å². The van der Waals surface area contributed by atoms with Crippen LogP contribution in [0.2, 0.25) is 0 Å². The highest BCUT2D eigenvalue weighted by Crippen LogP contribution is 2.49. The number of hydrogen-bond donors (Lipinski definition) is 1. The van der Waals surface area contributed by atoms with E-state index in [1.54, 1.807) is 7.11 Å². The molecule has 7 heteroatoms. The normalized spacial score (nSPS) is 19.5. The number of carbonyl (C=O) groups excluding carboxylic acids is 1. The third-order valence-electron chi connectivity index (χ3n) is 6.54. The van der Waals surface area contributed by atoms with Gasteiger partial charge in [0.1, 0.15) is 18.2 Å². The first-order valence-corrected chi connectivity index (χ1v) is 12.7. The van der Waals surface area contributed by atoms with Crippen molar-refractivity contribution in [2.24, 2.45) is 11.1 Å². The molecule has 1 aliphatic carbocycles. The highest BCUT2D eigenvalue weighted by Gasteiger charge is 2.44. The van der Waals surface area contributed by atoms with Crippen LogP contribution in [0.4, 0.5) is 0 Å². The number of nitriles is 1. The smallest absolute Gasteiger partial charge is 0.162 e. The zero-order valence-electron chi connectivity index (χ0n) is 20.3. The topological polar surface area (TPSA) is 88.6 Å². The number of nitrogens with zero attached hydrogens (tertiary/aromatic N) is 2. The summed E-state index contributed by atoms with van der Waals surface area (Å²) >= 11 is 2.28. The maximum Gasteiger partial charge on any atom is 0.162 e. The molecule has 0 spiro atoms. The average molecular weight is 583 g/mol. The van der Waals surface area contributed by atoms with Crippen LogP contribution < -0.4 is 10.5 Å². The lowest BCUT2D eigenvalue weighted by Gasteiger charge is -2.43. The van der Waals surface area contributed by atoms with Crippen LogP contribution in [-0.2, 0) is 16.1 Å². The summed E-state index contributed by atoms with van der Waals surface area (Å²) in [6.45, 7) is 5.60. The number of rotatable bonds is 7. The van der Waals surface area contributed by atoms with E-state index in [4.69, 9.17) is 15.2 Å². The summed E-state index contributed by atoms with van der Waals surface area (Å²) < 4.78 is 12.4. The maximum atomic E-state index is 13.5. The zero-order chi connectivity index (χ0) is 25.2. The minimum atomic E-state index is -0.484. The number of carbonyl (C=O) groups is 1. The summed E-state index contributed by atoms with van der Waals surface area (Å²) in [6, 6.07) is 18.1. The molecule has 0 aromatic heterocycles. The fourth-order valence-corrected chi connectivity index (χ4v) is 5.21. The van der Waals surface area contributed by atoms with Gasteiger partial charge in [0.05, 0.1) is 24.2 Å². The first kappa shape index (κ1) is 25.3. The van der Waals surface area contributed by atoms with E-state index >= 15 is 0 Å². The minimum Gasteiger partial charge on any atom is -0.489 e. The Balaban J connectivity index is 1.67. The minimum absolute atomic E-state index is 0.0722. The van der Waals surface area contributed by atoms with Crippen LogP contribution >= 0.6 is 22.6 Å². The molecule has 2 N–H and O–H groups in total. The van der Waals surface area contributed by atoms with Crippen molar-refractivity contribution in [3.8, 4) is 11.8 Å². The Bertz CT molecular complexity index is 1210. The summed E-state index contributed by atoms with van der Waals surface area (Å²) in [4.78, 5) is 15.4. The number of ether oxygens (including phenoxy) is 2. The highest BCUT2D eigenvalue weighted by atomic mass is 127. The number of allylic oxidation sites excluding steroid dienone is 3. The van der Waals surface area contributed by atoms with E-state index in [0.717, 1.165) is 22.6 Å². The second-order valence-corrected chi connectivity index (χ2v) is 11.0. The van der Waals surface area contributed by atoms with Gasteiger partial charge in [0, 0.05) is 34.9 Å². The van der Waals surface area contributed by atoms with Crippen molar-refractivity contribution in [2.45, 2.75) is 39.2 Å². The molecule has 4 rings (SSSR count). The molecule has 1 aliphatic heterocycles. The van der Waals surface area contributed by atoms with Gasteiger partial charge in [-0.2, -0.15) is 5.26 Å². The molecule has 6 nitrogen and oxygen atoms in total. The molecule has 0 amide bonds. The average Bonchev–Trinajstić information content (AvgIpc) is 2.82. The Labute approximate surface area is 220 Å². The van der Waals surface area contributed by atoms with E-state index in [2.05, 4.69) is 54.6 Å². The fourth-order valence-electron chi connectivity index (χ4n) is 4.85. The van der Waals surface area contributed by atoms with Crippen molar-refractivity contribution in [2.75, 3.05) is 20.3 Å². The number of methoxy groups -OCH3 is 1. The van der Waals surface area contributed by atoms with Gasteiger partial charge in [0.25, 0.3) is 0 Å². The third kappa shape index (κ3) is 5.39. The molecule has 0 radical (unpaired) electrons. The van der Waals surface area contributed by atoms with Crippen LogP contribution in [0.15, 0.2) is 71.2 Å². The van der Waals surface area contributed by atoms with Gasteiger partial charge in [-0.1, -0.05) is 38.1 Å². The highest BCUT2D eigenvalue weighted by molar-refractivity contribution is 14.1. The number of ketones is 1. The predicted molar refractivity (Wildman–Crippen MR) is 143 cm³/mol. The molecule has 2 aromatic carbocycles. The van der Waals surface area contributed by atoms with Crippen LogP contribution in [0, 0.1) is 20.3 Å². The van der Waals surface area contributed by atoms with Crippen molar-refractivity contribution in [3.05, 3.63) is 85.9 Å². The zero-order valence-corrected chi connectivity index (χ0v) is 22.5. The molecule has 0 unspecified atom stereocenters. The van der Waals surface area contributed by atoms with Gasteiger partial charge in [-0.25, -0.2) is 0 Å². The lowest BCUT2D eigenvalue weighted by atomic mass is 9.68. The molecule has 0 saturated heterocycles. The summed E-state index contributed by atoms with van der Waals surface area (Å²) in [7, 11) is 1.63. The van der Waals surface area contributed by atoms with Gasteiger partial charge in [0.2, 0.25) is 0 Å². The Morgan fingerprint density at radius 2 is 1.83 bits per heavy atom. The van der Waals surface area contributed by atoms with E-state index in [-0.39, 0.29) is 11.2 Å². The van der Waals surface area contributed by atoms with E-state index in [1.165, 1.54) is 3.57 Å². The molecule has 1 atom stereocenters. The molecule has 35 heavy (non-hydrogen) atoms. The van der Waals surface area contributed by atoms with Crippen molar-refractivity contribution >= 4 is 28.4 Å². The molecule has 2 aliphatic rings. The standard InChI is InChI=1S/C28H30IN3O3/c1-28(2)14-23-26(24(33)15-28)25(22(16-30)27(31)32(23)12-13-34-3)19-6-10-21(11-7-19)35-17-18-4-8-20(29)9-5-18/h4-11,25H,12-15,17,31H2,1-3H3/t25-/m1/s1. The summed E-state index contributed by atoms with van der Waals surface area (Å²) in [5.74, 6) is 0.717. The molecular weight excluding hydrogens is 553 g/mol. The van der Waals surface area contributed by atoms with E-state index in [0.29, 0.717) is 49.6 Å². The number of hydrogen-bond acceptors (Lipinski definition) is 6. The number of nitrogens with two attached hydrogens (primary N) is 1. The summed E-state index contributed by atoms with van der Waals surface area (Å²) in [5, 5.41) is 10.1. The molecule has 1 heterocycles. The van der Waals surface area contributed by atoms with E-state index < -0.39 is 5.92 Å². The SMILES string of the molecule is COCCN1C(N)=C(C#N)[C@@H](c2ccc(OCc3ccc(I)cc3)cc2)C2=C1CC(C)(C)CC2=O. The van der Waals surface area contributed by atoms with Gasteiger partial charge >= 0.3 is 0 Å². The van der Waals surface area contributed by atoms with Crippen LogP contribution in [-0.4, -0.2) is 30.9 Å². The number of halogens is 1. The van der Waals surface area contributed by atoms with Crippen LogP contribution in [0.5, 0.6) is 5.75 Å². The second-order valence-electron chi connectivity index (χ2n) is 9.77. The van der Waals surface area contributed by atoms with Gasteiger partial charge in [-0.05, 0) is 69.8 Å². The predicted octanol–water partition coefficient (Wildman–Crippen LogP) is 5.25. The third-order valence-corrected chi connectivity index (χ3v) is 7.26. The largest absolute Gasteiger partial charge is 0.489 e. The van der Waals surface area contributed by atoms with E-state index in [9.17, 15) is 10.1 Å². The first-order chi connectivity index (χ1) is 16.7. The second kappa shape index (κ2) is 10.4. The van der Waals surface area contributed by atoms with Gasteiger partial charge in [-0.3, -0.25) is 4.79 Å². The molecule has 0 saturated carbocycles. The summed E-state index contributed by atoms with van der Waals surface area (Å²) in [6.07, 6.45) is 1.15. The van der Waals surface area contributed by atoms with Gasteiger partial charge in [-0.15, -0.1) is 0 Å². The first-order valence-electron chi connectivity index (χ1n) is 11.6. The Hall–Kier alpha value is -2.83. The van der Waals surface area contributed by atoms with Crippen molar-refractivity contribution < 1.29 is 14.3 Å².